The predicted octanol–water partition coefficient (Wildman–Crippen LogP) is 4.26. The Morgan fingerprint density at radius 1 is 0.929 bits per heavy atom. The molecule has 1 aliphatic heterocycles. The number of carbonyl (C=O) groups is 2. The third kappa shape index (κ3) is 3.81. The number of nitrogens with zero attached hydrogens (tertiary/aromatic N) is 1. The van der Waals surface area contributed by atoms with E-state index in [9.17, 15) is 9.59 Å². The first-order valence-electron chi connectivity index (χ1n) is 8.99. The smallest absolute Gasteiger partial charge is 0.321 e. The van der Waals surface area contributed by atoms with Crippen LogP contribution in [0, 0.1) is 0 Å². The maximum absolute atomic E-state index is 12.8. The van der Waals surface area contributed by atoms with Crippen LogP contribution >= 0.6 is 0 Å². The lowest BCUT2D eigenvalue weighted by Crippen LogP contribution is -2.27. The van der Waals surface area contributed by atoms with Crippen LogP contribution in [0.5, 0.6) is 11.5 Å². The molecule has 1 saturated heterocycles. The number of hydrogen-bond donors (Lipinski definition) is 2. The topological polar surface area (TPSA) is 70.7 Å². The number of hydrogen-bond acceptors (Lipinski definition) is 3. The molecule has 28 heavy (non-hydrogen) atoms. The van der Waals surface area contributed by atoms with Crippen molar-refractivity contribution in [1.82, 2.24) is 5.32 Å². The van der Waals surface area contributed by atoms with Crippen LogP contribution in [0.25, 0.3) is 0 Å². The summed E-state index contributed by atoms with van der Waals surface area (Å²) >= 11 is 0. The first kappa shape index (κ1) is 17.6. The van der Waals surface area contributed by atoms with Crippen LogP contribution in [0.15, 0.2) is 78.9 Å². The molecule has 1 heterocycles. The molecular formula is C22H19N3O3. The summed E-state index contributed by atoms with van der Waals surface area (Å²) in [5.74, 6) is 0.880. The zero-order valence-electron chi connectivity index (χ0n) is 15.1. The number of ether oxygens (including phenoxy) is 1. The SMILES string of the molecule is O=C(Nc1ccc(N2CCNC2=O)cc1)c1ccccc1Oc1ccccc1. The van der Waals surface area contributed by atoms with Crippen LogP contribution in [-0.4, -0.2) is 25.0 Å². The Kier molecular flexibility index (Phi) is 4.93. The fourth-order valence-electron chi connectivity index (χ4n) is 3.00. The highest BCUT2D eigenvalue weighted by Gasteiger charge is 2.21. The largest absolute Gasteiger partial charge is 0.457 e. The summed E-state index contributed by atoms with van der Waals surface area (Å²) < 4.78 is 5.85. The number of anilines is 2. The van der Waals surface area contributed by atoms with Gasteiger partial charge < -0.3 is 15.4 Å². The fraction of sp³-hybridized carbons (Fsp3) is 0.0909. The second-order valence-corrected chi connectivity index (χ2v) is 6.30. The monoisotopic (exact) mass is 373 g/mol. The number of nitrogens with one attached hydrogen (secondary N) is 2. The van der Waals surface area contributed by atoms with Crippen LogP contribution in [0.3, 0.4) is 0 Å². The molecule has 3 aromatic carbocycles. The van der Waals surface area contributed by atoms with E-state index in [1.165, 1.54) is 0 Å². The Bertz CT molecular complexity index is 987. The molecule has 0 spiro atoms. The molecule has 0 bridgehead atoms. The maximum Gasteiger partial charge on any atom is 0.321 e. The summed E-state index contributed by atoms with van der Waals surface area (Å²) in [6.07, 6.45) is 0. The first-order valence-corrected chi connectivity index (χ1v) is 8.99. The van der Waals surface area contributed by atoms with Crippen molar-refractivity contribution in [2.75, 3.05) is 23.3 Å². The van der Waals surface area contributed by atoms with Gasteiger partial charge in [0.2, 0.25) is 0 Å². The highest BCUT2D eigenvalue weighted by molar-refractivity contribution is 6.06. The number of urea groups is 1. The third-order valence-corrected chi connectivity index (χ3v) is 4.40. The molecule has 0 saturated carbocycles. The molecule has 0 radical (unpaired) electrons. The van der Waals surface area contributed by atoms with Crippen molar-refractivity contribution < 1.29 is 14.3 Å². The molecule has 140 valence electrons. The van der Waals surface area contributed by atoms with Crippen LogP contribution in [0.2, 0.25) is 0 Å². The summed E-state index contributed by atoms with van der Waals surface area (Å²) in [5.41, 5.74) is 1.87. The van der Waals surface area contributed by atoms with E-state index >= 15 is 0 Å². The number of amides is 3. The zero-order chi connectivity index (χ0) is 19.3. The lowest BCUT2D eigenvalue weighted by Gasteiger charge is -2.15. The van der Waals surface area contributed by atoms with Crippen molar-refractivity contribution >= 4 is 23.3 Å². The van der Waals surface area contributed by atoms with E-state index < -0.39 is 0 Å². The minimum Gasteiger partial charge on any atom is -0.457 e. The fourth-order valence-corrected chi connectivity index (χ4v) is 3.00. The molecule has 6 heteroatoms. The highest BCUT2D eigenvalue weighted by atomic mass is 16.5. The van der Waals surface area contributed by atoms with Crippen LogP contribution in [-0.2, 0) is 0 Å². The van der Waals surface area contributed by atoms with Crippen molar-refractivity contribution in [2.24, 2.45) is 0 Å². The van der Waals surface area contributed by atoms with E-state index in [1.807, 2.05) is 48.5 Å². The molecule has 3 amide bonds. The molecule has 1 fully saturated rings. The second-order valence-electron chi connectivity index (χ2n) is 6.30. The summed E-state index contributed by atoms with van der Waals surface area (Å²) in [5, 5.41) is 5.64. The van der Waals surface area contributed by atoms with Gasteiger partial charge in [-0.05, 0) is 48.5 Å². The molecule has 1 aliphatic rings. The van der Waals surface area contributed by atoms with Gasteiger partial charge in [-0.15, -0.1) is 0 Å². The Balaban J connectivity index is 1.49. The van der Waals surface area contributed by atoms with Gasteiger partial charge in [0.15, 0.2) is 0 Å². The number of rotatable bonds is 5. The second kappa shape index (κ2) is 7.84. The predicted molar refractivity (Wildman–Crippen MR) is 108 cm³/mol. The molecule has 3 aromatic rings. The van der Waals surface area contributed by atoms with Gasteiger partial charge in [-0.25, -0.2) is 4.79 Å². The van der Waals surface area contributed by atoms with E-state index in [-0.39, 0.29) is 11.9 Å². The molecule has 4 rings (SSSR count). The quantitative estimate of drug-likeness (QED) is 0.702. The van der Waals surface area contributed by atoms with Gasteiger partial charge in [-0.3, -0.25) is 9.69 Å². The lowest BCUT2D eigenvalue weighted by atomic mass is 10.1. The molecule has 0 aliphatic carbocycles. The van der Waals surface area contributed by atoms with Crippen molar-refractivity contribution in [3.05, 3.63) is 84.4 Å². The summed E-state index contributed by atoms with van der Waals surface area (Å²) in [6.45, 7) is 1.27. The molecular weight excluding hydrogens is 354 g/mol. The van der Waals surface area contributed by atoms with Crippen molar-refractivity contribution in [3.8, 4) is 11.5 Å². The number of benzene rings is 3. The Morgan fingerprint density at radius 3 is 2.36 bits per heavy atom. The van der Waals surface area contributed by atoms with E-state index in [0.717, 1.165) is 5.69 Å². The van der Waals surface area contributed by atoms with Gasteiger partial charge in [0.25, 0.3) is 5.91 Å². The van der Waals surface area contributed by atoms with Crippen LogP contribution < -0.4 is 20.3 Å². The molecule has 6 nitrogen and oxygen atoms in total. The van der Waals surface area contributed by atoms with E-state index in [2.05, 4.69) is 10.6 Å². The Morgan fingerprint density at radius 2 is 1.64 bits per heavy atom. The van der Waals surface area contributed by atoms with Crippen molar-refractivity contribution in [3.63, 3.8) is 0 Å². The summed E-state index contributed by atoms with van der Waals surface area (Å²) in [6, 6.07) is 23.5. The van der Waals surface area contributed by atoms with Gasteiger partial charge in [0.05, 0.1) is 5.56 Å². The maximum atomic E-state index is 12.8. The van der Waals surface area contributed by atoms with Crippen LogP contribution in [0.4, 0.5) is 16.2 Å². The van der Waals surface area contributed by atoms with E-state index in [0.29, 0.717) is 35.8 Å². The first-order chi connectivity index (χ1) is 13.7. The molecule has 0 aromatic heterocycles. The lowest BCUT2D eigenvalue weighted by molar-refractivity contribution is 0.102. The van der Waals surface area contributed by atoms with Crippen LogP contribution in [0.1, 0.15) is 10.4 Å². The van der Waals surface area contributed by atoms with Gasteiger partial charge >= 0.3 is 6.03 Å². The normalized spacial score (nSPS) is 13.1. The molecule has 0 unspecified atom stereocenters. The van der Waals surface area contributed by atoms with Gasteiger partial charge in [-0.2, -0.15) is 0 Å². The molecule has 0 atom stereocenters. The summed E-state index contributed by atoms with van der Waals surface area (Å²) in [4.78, 5) is 26.2. The Hall–Kier alpha value is -3.80. The standard InChI is InChI=1S/C22H19N3O3/c26-21(19-8-4-5-9-20(19)28-18-6-2-1-3-7-18)24-16-10-12-17(13-11-16)25-15-14-23-22(25)27/h1-13H,14-15H2,(H,23,27)(H,24,26). The average molecular weight is 373 g/mol. The van der Waals surface area contributed by atoms with Crippen molar-refractivity contribution in [2.45, 2.75) is 0 Å². The third-order valence-electron chi connectivity index (χ3n) is 4.40. The zero-order valence-corrected chi connectivity index (χ0v) is 15.1. The number of para-hydroxylation sites is 2. The average Bonchev–Trinajstić information content (AvgIpc) is 3.16. The van der Waals surface area contributed by atoms with Gasteiger partial charge in [0.1, 0.15) is 11.5 Å². The summed E-state index contributed by atoms with van der Waals surface area (Å²) in [7, 11) is 0. The number of carbonyl (C=O) groups excluding carboxylic acids is 2. The van der Waals surface area contributed by atoms with Crippen molar-refractivity contribution in [1.29, 1.82) is 0 Å². The molecule has 2 N–H and O–H groups in total. The van der Waals surface area contributed by atoms with Gasteiger partial charge in [-0.1, -0.05) is 30.3 Å². The van der Waals surface area contributed by atoms with E-state index in [1.54, 1.807) is 35.2 Å². The van der Waals surface area contributed by atoms with Gasteiger partial charge in [0, 0.05) is 24.5 Å². The minimum atomic E-state index is -0.266. The highest BCUT2D eigenvalue weighted by Crippen LogP contribution is 2.26. The minimum absolute atomic E-state index is 0.108. The Labute approximate surface area is 162 Å². The van der Waals surface area contributed by atoms with E-state index in [4.69, 9.17) is 4.74 Å².